The van der Waals surface area contributed by atoms with Gasteiger partial charge in [-0.15, -0.1) is 0 Å². The van der Waals surface area contributed by atoms with E-state index in [1.165, 1.54) is 6.07 Å². The predicted molar refractivity (Wildman–Crippen MR) is 82.4 cm³/mol. The molecule has 0 aliphatic heterocycles. The largest absolute Gasteiger partial charge is 0.399 e. The summed E-state index contributed by atoms with van der Waals surface area (Å²) in [6.07, 6.45) is 1.82. The smallest absolute Gasteiger partial charge is 0.241 e. The number of halogens is 1. The Balaban J connectivity index is 2.81. The van der Waals surface area contributed by atoms with E-state index in [9.17, 15) is 8.42 Å². The lowest BCUT2D eigenvalue weighted by Gasteiger charge is -2.16. The molecule has 0 spiro atoms. The van der Waals surface area contributed by atoms with Crippen LogP contribution in [0, 0.1) is 5.92 Å². The lowest BCUT2D eigenvalue weighted by atomic mass is 10.1. The molecule has 0 aliphatic rings. The molecule has 1 atom stereocenters. The van der Waals surface area contributed by atoms with Crippen molar-refractivity contribution in [3.8, 4) is 0 Å². The third kappa shape index (κ3) is 5.12. The van der Waals surface area contributed by atoms with Crippen LogP contribution in [0.1, 0.15) is 33.6 Å². The molecule has 0 radical (unpaired) electrons. The van der Waals surface area contributed by atoms with E-state index in [1.54, 1.807) is 12.1 Å². The minimum atomic E-state index is -3.51. The molecule has 108 valence electrons. The van der Waals surface area contributed by atoms with E-state index in [0.29, 0.717) is 16.1 Å². The van der Waals surface area contributed by atoms with Crippen LogP contribution in [0.3, 0.4) is 0 Å². The number of anilines is 1. The second-order valence-corrected chi connectivity index (χ2v) is 7.72. The summed E-state index contributed by atoms with van der Waals surface area (Å²) in [5.74, 6) is 0.565. The quantitative estimate of drug-likeness (QED) is 0.775. The number of hydrogen-bond donors (Lipinski definition) is 2. The van der Waals surface area contributed by atoms with E-state index in [4.69, 9.17) is 5.73 Å². The fraction of sp³-hybridized carbons (Fsp3) is 0.538. The number of nitrogens with one attached hydrogen (secondary N) is 1. The van der Waals surface area contributed by atoms with Gasteiger partial charge in [0, 0.05) is 16.2 Å². The van der Waals surface area contributed by atoms with Gasteiger partial charge in [0.15, 0.2) is 0 Å². The zero-order valence-corrected chi connectivity index (χ0v) is 13.9. The maximum atomic E-state index is 12.2. The van der Waals surface area contributed by atoms with Gasteiger partial charge in [0.05, 0.1) is 4.90 Å². The summed E-state index contributed by atoms with van der Waals surface area (Å²) in [7, 11) is -3.51. The van der Waals surface area contributed by atoms with Gasteiger partial charge in [-0.1, -0.05) is 13.8 Å². The Bertz CT molecular complexity index is 529. The van der Waals surface area contributed by atoms with Crippen LogP contribution in [0.25, 0.3) is 0 Å². The summed E-state index contributed by atoms with van der Waals surface area (Å²) < 4.78 is 27.6. The first-order chi connectivity index (χ1) is 8.72. The van der Waals surface area contributed by atoms with Crippen molar-refractivity contribution in [3.05, 3.63) is 22.7 Å². The zero-order chi connectivity index (χ0) is 14.6. The van der Waals surface area contributed by atoms with Crippen LogP contribution in [0.2, 0.25) is 0 Å². The van der Waals surface area contributed by atoms with E-state index in [2.05, 4.69) is 34.5 Å². The van der Waals surface area contributed by atoms with Gasteiger partial charge >= 0.3 is 0 Å². The van der Waals surface area contributed by atoms with E-state index in [1.807, 2.05) is 6.92 Å². The Labute approximate surface area is 124 Å². The number of nitrogens with two attached hydrogens (primary N) is 1. The molecular weight excluding hydrogens is 328 g/mol. The SMILES string of the molecule is CC(C)CCC(C)NS(=O)(=O)c1ccc(N)cc1Br. The summed E-state index contributed by atoms with van der Waals surface area (Å²) in [5, 5.41) is 0. The zero-order valence-electron chi connectivity index (χ0n) is 11.5. The molecule has 1 unspecified atom stereocenters. The highest BCUT2D eigenvalue weighted by Gasteiger charge is 2.20. The monoisotopic (exact) mass is 348 g/mol. The molecular formula is C13H21BrN2O2S. The van der Waals surface area contributed by atoms with Gasteiger partial charge in [-0.2, -0.15) is 0 Å². The van der Waals surface area contributed by atoms with E-state index in [-0.39, 0.29) is 10.9 Å². The predicted octanol–water partition coefficient (Wildman–Crippen LogP) is 3.13. The third-order valence-corrected chi connectivity index (χ3v) is 5.35. The number of hydrogen-bond acceptors (Lipinski definition) is 3. The van der Waals surface area contributed by atoms with E-state index >= 15 is 0 Å². The van der Waals surface area contributed by atoms with Gasteiger partial charge in [-0.05, 0) is 59.8 Å². The molecule has 0 aliphatic carbocycles. The van der Waals surface area contributed by atoms with E-state index < -0.39 is 10.0 Å². The second-order valence-electron chi connectivity index (χ2n) is 5.18. The van der Waals surface area contributed by atoms with Crippen LogP contribution in [0.4, 0.5) is 5.69 Å². The number of sulfonamides is 1. The molecule has 0 bridgehead atoms. The minimum absolute atomic E-state index is 0.0862. The first-order valence-corrected chi connectivity index (χ1v) is 8.57. The van der Waals surface area contributed by atoms with Crippen molar-refractivity contribution in [2.24, 2.45) is 5.92 Å². The van der Waals surface area contributed by atoms with Crippen LogP contribution in [0.15, 0.2) is 27.6 Å². The molecule has 0 amide bonds. The summed E-state index contributed by atoms with van der Waals surface area (Å²) in [5.41, 5.74) is 6.13. The van der Waals surface area contributed by atoms with Crippen molar-refractivity contribution in [1.29, 1.82) is 0 Å². The molecule has 3 N–H and O–H groups in total. The van der Waals surface area contributed by atoms with Gasteiger partial charge in [0.1, 0.15) is 0 Å². The fourth-order valence-electron chi connectivity index (χ4n) is 1.71. The highest BCUT2D eigenvalue weighted by molar-refractivity contribution is 9.10. The summed E-state index contributed by atoms with van der Waals surface area (Å²) in [4.78, 5) is 0.220. The Morgan fingerprint density at radius 2 is 1.89 bits per heavy atom. The molecule has 6 heteroatoms. The molecule has 0 heterocycles. The Kier molecular flexibility index (Phi) is 5.82. The maximum Gasteiger partial charge on any atom is 0.241 e. The fourth-order valence-corrected chi connectivity index (χ4v) is 4.08. The highest BCUT2D eigenvalue weighted by atomic mass is 79.9. The molecule has 19 heavy (non-hydrogen) atoms. The molecule has 0 aromatic heterocycles. The van der Waals surface area contributed by atoms with Gasteiger partial charge in [0.25, 0.3) is 0 Å². The first-order valence-electron chi connectivity index (χ1n) is 6.29. The molecule has 0 saturated carbocycles. The van der Waals surface area contributed by atoms with Crippen LogP contribution in [-0.2, 0) is 10.0 Å². The topological polar surface area (TPSA) is 72.2 Å². The van der Waals surface area contributed by atoms with Gasteiger partial charge in [0.2, 0.25) is 10.0 Å². The van der Waals surface area contributed by atoms with E-state index in [0.717, 1.165) is 12.8 Å². The molecule has 1 rings (SSSR count). The van der Waals surface area contributed by atoms with Crippen LogP contribution in [-0.4, -0.2) is 14.5 Å². The number of benzene rings is 1. The van der Waals surface area contributed by atoms with Crippen molar-refractivity contribution in [2.75, 3.05) is 5.73 Å². The van der Waals surface area contributed by atoms with Gasteiger partial charge < -0.3 is 5.73 Å². The molecule has 1 aromatic carbocycles. The van der Waals surface area contributed by atoms with Gasteiger partial charge in [-0.3, -0.25) is 0 Å². The molecule has 0 fully saturated rings. The summed E-state index contributed by atoms with van der Waals surface area (Å²) >= 11 is 3.24. The highest BCUT2D eigenvalue weighted by Crippen LogP contribution is 2.24. The third-order valence-electron chi connectivity index (χ3n) is 2.78. The minimum Gasteiger partial charge on any atom is -0.399 e. The van der Waals surface area contributed by atoms with Crippen molar-refractivity contribution in [1.82, 2.24) is 4.72 Å². The average molecular weight is 349 g/mol. The van der Waals surface area contributed by atoms with Crippen molar-refractivity contribution in [2.45, 2.75) is 44.6 Å². The maximum absolute atomic E-state index is 12.2. The Morgan fingerprint density at radius 1 is 1.26 bits per heavy atom. The molecule has 4 nitrogen and oxygen atoms in total. The molecule has 0 saturated heterocycles. The first kappa shape index (κ1) is 16.5. The van der Waals surface area contributed by atoms with Crippen molar-refractivity contribution >= 4 is 31.6 Å². The van der Waals surface area contributed by atoms with Crippen LogP contribution >= 0.6 is 15.9 Å². The Hall–Kier alpha value is -0.590. The standard InChI is InChI=1S/C13H21BrN2O2S/c1-9(2)4-5-10(3)16-19(17,18)13-7-6-11(15)8-12(13)14/h6-10,16H,4-5,15H2,1-3H3. The van der Waals surface area contributed by atoms with Gasteiger partial charge in [-0.25, -0.2) is 13.1 Å². The van der Waals surface area contributed by atoms with Crippen LogP contribution < -0.4 is 10.5 Å². The lowest BCUT2D eigenvalue weighted by molar-refractivity contribution is 0.485. The number of rotatable bonds is 6. The second kappa shape index (κ2) is 6.72. The lowest BCUT2D eigenvalue weighted by Crippen LogP contribution is -2.33. The summed E-state index contributed by atoms with van der Waals surface area (Å²) in [6, 6.07) is 4.60. The normalized spacial score (nSPS) is 13.7. The van der Waals surface area contributed by atoms with Crippen molar-refractivity contribution in [3.63, 3.8) is 0 Å². The molecule has 1 aromatic rings. The summed E-state index contributed by atoms with van der Waals surface area (Å²) in [6.45, 7) is 6.13. The van der Waals surface area contributed by atoms with Crippen molar-refractivity contribution < 1.29 is 8.42 Å². The average Bonchev–Trinajstić information content (AvgIpc) is 2.25. The number of nitrogen functional groups attached to an aromatic ring is 1. The van der Waals surface area contributed by atoms with Crippen LogP contribution in [0.5, 0.6) is 0 Å². The Morgan fingerprint density at radius 3 is 2.42 bits per heavy atom.